The quantitative estimate of drug-likeness (QED) is 0.131. The molecule has 326 valence electrons. The summed E-state index contributed by atoms with van der Waals surface area (Å²) in [5.41, 5.74) is 9.63. The number of fused-ring (bicyclic) bond motifs is 7. The molecule has 0 amide bonds. The first-order valence-electron chi connectivity index (χ1n) is 23.5. The van der Waals surface area contributed by atoms with Crippen LogP contribution in [0, 0.1) is 5.82 Å². The fourth-order valence-corrected chi connectivity index (χ4v) is 21.0. The third-order valence-corrected chi connectivity index (χ3v) is 24.1. The van der Waals surface area contributed by atoms with E-state index in [0.717, 1.165) is 55.8 Å². The van der Waals surface area contributed by atoms with E-state index in [1.807, 2.05) is 12.1 Å². The van der Waals surface area contributed by atoms with Crippen LogP contribution >= 0.6 is 0 Å². The number of benzene rings is 11. The average Bonchev–Trinajstić information content (AvgIpc) is 3.92. The van der Waals surface area contributed by atoms with Crippen molar-refractivity contribution >= 4 is 102 Å². The summed E-state index contributed by atoms with van der Waals surface area (Å²) in [5, 5.41) is 7.01. The zero-order valence-corrected chi connectivity index (χ0v) is 39.7. The third-order valence-electron chi connectivity index (χ3n) is 14.1. The van der Waals surface area contributed by atoms with Gasteiger partial charge in [-0.05, 0) is 18.2 Å². The zero-order valence-electron chi connectivity index (χ0n) is 37.6. The molecule has 0 saturated heterocycles. The van der Waals surface area contributed by atoms with Crippen LogP contribution in [0.4, 0.5) is 21.5 Å². The van der Waals surface area contributed by atoms with E-state index in [1.165, 1.54) is 44.6 Å². The van der Waals surface area contributed by atoms with Gasteiger partial charge in [0.05, 0.1) is 0 Å². The van der Waals surface area contributed by atoms with E-state index in [1.54, 1.807) is 12.1 Å². The molecular weight excluding hydrogens is 902 g/mol. The van der Waals surface area contributed by atoms with Crippen LogP contribution in [0.5, 0.6) is 0 Å². The van der Waals surface area contributed by atoms with Gasteiger partial charge in [-0.3, -0.25) is 0 Å². The molecule has 2 aromatic heterocycles. The van der Waals surface area contributed by atoms with E-state index in [9.17, 15) is 4.39 Å². The number of para-hydroxylation sites is 2. The minimum absolute atomic E-state index is 0.259. The van der Waals surface area contributed by atoms with Crippen LogP contribution in [0.15, 0.2) is 267 Å². The van der Waals surface area contributed by atoms with E-state index in [0.29, 0.717) is 0 Å². The second-order valence-electron chi connectivity index (χ2n) is 17.8. The van der Waals surface area contributed by atoms with E-state index in [-0.39, 0.29) is 5.82 Å². The first kappa shape index (κ1) is 40.8. The first-order valence-corrected chi connectivity index (χ1v) is 27.7. The molecular formula is C64H44FGeN3. The number of anilines is 3. The van der Waals surface area contributed by atoms with Crippen molar-refractivity contribution in [3.8, 4) is 11.4 Å². The molecule has 3 nitrogen and oxygen atoms in total. The number of halogens is 1. The maximum atomic E-state index is 14.6. The molecule has 0 N–H and O–H groups in total. The van der Waals surface area contributed by atoms with E-state index >= 15 is 0 Å². The van der Waals surface area contributed by atoms with Gasteiger partial charge >= 0.3 is 345 Å². The molecule has 5 heteroatoms. The van der Waals surface area contributed by atoms with Crippen LogP contribution in [0.2, 0.25) is 0 Å². The van der Waals surface area contributed by atoms with E-state index < -0.39 is 13.3 Å². The Kier molecular flexibility index (Phi) is 9.88. The Morgan fingerprint density at radius 2 is 0.710 bits per heavy atom. The van der Waals surface area contributed by atoms with Gasteiger partial charge in [0, 0.05) is 5.69 Å². The van der Waals surface area contributed by atoms with E-state index in [2.05, 4.69) is 257 Å². The Hall–Kier alpha value is -8.45. The Morgan fingerprint density at radius 3 is 1.30 bits per heavy atom. The maximum absolute atomic E-state index is 14.6. The van der Waals surface area contributed by atoms with Crippen LogP contribution in [-0.2, 0) is 0 Å². The van der Waals surface area contributed by atoms with Crippen molar-refractivity contribution in [1.82, 2.24) is 9.13 Å². The van der Waals surface area contributed by atoms with Gasteiger partial charge in [-0.1, -0.05) is 36.4 Å². The van der Waals surface area contributed by atoms with E-state index in [4.69, 9.17) is 0 Å². The molecule has 0 saturated carbocycles. The molecule has 0 aliphatic rings. The molecule has 0 radical (unpaired) electrons. The molecule has 11 aromatic carbocycles. The predicted molar refractivity (Wildman–Crippen MR) is 291 cm³/mol. The van der Waals surface area contributed by atoms with Gasteiger partial charge in [0.2, 0.25) is 0 Å². The predicted octanol–water partition coefficient (Wildman–Crippen LogP) is 14.0. The van der Waals surface area contributed by atoms with Gasteiger partial charge in [0.15, 0.2) is 0 Å². The monoisotopic (exact) mass is 947 g/mol. The molecule has 13 aromatic rings. The van der Waals surface area contributed by atoms with Crippen LogP contribution in [0.1, 0.15) is 0 Å². The minimum atomic E-state index is -3.68. The molecule has 0 unspecified atom stereocenters. The third kappa shape index (κ3) is 6.70. The van der Waals surface area contributed by atoms with Crippen molar-refractivity contribution < 1.29 is 4.39 Å². The average molecular weight is 947 g/mol. The van der Waals surface area contributed by atoms with Crippen LogP contribution < -0.4 is 22.5 Å². The standard InChI is InChI=1S/C64H44FGeN3/c65-47-30-34-53(35-31-47)69-62-38-32-51(66(48-19-5-1-6-20-48,49-21-7-2-8-22-49)50-23-9-3-10-24-50)42-58(62)60-44-56(37-40-64(60)69)67(54-33-29-45-17-13-14-18-46(45)41-54)55-36-39-63-59(43-55)57-27-15-16-28-61(57)68(63)52-25-11-4-12-26-52/h1-44H. The fraction of sp³-hybridized carbons (Fsp3) is 0. The number of hydrogen-bond donors (Lipinski definition) is 0. The SMILES string of the molecule is Fc1ccc(-n2c3ccc(N(c4ccc5ccccc5c4)c4ccc5c(c4)c4ccccc4n5-c4ccccc4)cc3c3c[c]([Ge]([c]4ccccc4)([c]4ccccc4)[c]4ccccc4)ccc32)cc1. The Bertz CT molecular complexity index is 3920. The summed E-state index contributed by atoms with van der Waals surface area (Å²) < 4.78 is 24.7. The summed E-state index contributed by atoms with van der Waals surface area (Å²) in [6.45, 7) is 0. The second kappa shape index (κ2) is 16.7. The molecule has 0 aliphatic heterocycles. The zero-order chi connectivity index (χ0) is 45.9. The number of rotatable bonds is 9. The number of nitrogens with zero attached hydrogens (tertiary/aromatic N) is 3. The molecule has 2 heterocycles. The summed E-state index contributed by atoms with van der Waals surface area (Å²) in [7, 11) is 0. The molecule has 13 rings (SSSR count). The van der Waals surface area contributed by atoms with Crippen molar-refractivity contribution in [2.24, 2.45) is 0 Å². The van der Waals surface area contributed by atoms with Crippen molar-refractivity contribution in [2.45, 2.75) is 0 Å². The molecule has 0 bridgehead atoms. The molecule has 0 aliphatic carbocycles. The van der Waals surface area contributed by atoms with Crippen molar-refractivity contribution in [3.63, 3.8) is 0 Å². The molecule has 69 heavy (non-hydrogen) atoms. The van der Waals surface area contributed by atoms with Crippen LogP contribution in [0.25, 0.3) is 65.8 Å². The molecule has 0 spiro atoms. The van der Waals surface area contributed by atoms with Gasteiger partial charge < -0.3 is 0 Å². The Morgan fingerprint density at radius 1 is 0.290 bits per heavy atom. The Balaban J connectivity index is 1.09. The van der Waals surface area contributed by atoms with Gasteiger partial charge in [-0.25, -0.2) is 0 Å². The molecule has 0 fully saturated rings. The number of aromatic nitrogens is 2. The van der Waals surface area contributed by atoms with Gasteiger partial charge in [0.1, 0.15) is 0 Å². The van der Waals surface area contributed by atoms with Crippen molar-refractivity contribution in [1.29, 1.82) is 0 Å². The normalized spacial score (nSPS) is 11.8. The first-order chi connectivity index (χ1) is 34.1. The Labute approximate surface area is 402 Å². The van der Waals surface area contributed by atoms with Crippen LogP contribution in [0.3, 0.4) is 0 Å². The van der Waals surface area contributed by atoms with Gasteiger partial charge in [0.25, 0.3) is 0 Å². The van der Waals surface area contributed by atoms with Crippen molar-refractivity contribution in [2.75, 3.05) is 4.90 Å². The summed E-state index contributed by atoms with van der Waals surface area (Å²) in [5.74, 6) is -0.259. The summed E-state index contributed by atoms with van der Waals surface area (Å²) in [6, 6.07) is 96.0. The number of hydrogen-bond acceptors (Lipinski definition) is 1. The van der Waals surface area contributed by atoms with Crippen molar-refractivity contribution in [3.05, 3.63) is 273 Å². The second-order valence-corrected chi connectivity index (χ2v) is 25.8. The molecule has 0 atom stereocenters. The van der Waals surface area contributed by atoms with Gasteiger partial charge in [-0.15, -0.1) is 0 Å². The van der Waals surface area contributed by atoms with Gasteiger partial charge in [-0.2, -0.15) is 0 Å². The topological polar surface area (TPSA) is 13.1 Å². The summed E-state index contributed by atoms with van der Waals surface area (Å²) in [6.07, 6.45) is 0. The summed E-state index contributed by atoms with van der Waals surface area (Å²) in [4.78, 5) is 2.41. The summed E-state index contributed by atoms with van der Waals surface area (Å²) >= 11 is -3.68. The fourth-order valence-electron chi connectivity index (χ4n) is 11.0. The van der Waals surface area contributed by atoms with Crippen LogP contribution in [-0.4, -0.2) is 22.4 Å².